The summed E-state index contributed by atoms with van der Waals surface area (Å²) in [4.78, 5) is 34.4. The normalized spacial score (nSPS) is 14.8. The van der Waals surface area contributed by atoms with Crippen molar-refractivity contribution < 1.29 is 14.3 Å². The summed E-state index contributed by atoms with van der Waals surface area (Å²) in [6.07, 6.45) is 1.88. The molecule has 216 valence electrons. The molecule has 0 radical (unpaired) electrons. The van der Waals surface area contributed by atoms with Gasteiger partial charge in [0.1, 0.15) is 12.4 Å². The van der Waals surface area contributed by atoms with Gasteiger partial charge < -0.3 is 14.4 Å². The molecule has 5 rings (SSSR count). The van der Waals surface area contributed by atoms with E-state index in [1.807, 2.05) is 91.8 Å². The second-order valence-corrected chi connectivity index (χ2v) is 13.2. The minimum Gasteiger partial charge on any atom is -0.487 e. The molecule has 0 saturated carbocycles. The van der Waals surface area contributed by atoms with Crippen LogP contribution in [0.15, 0.2) is 87.8 Å². The average Bonchev–Trinajstić information content (AvgIpc) is 3.26. The first-order chi connectivity index (χ1) is 20.2. The van der Waals surface area contributed by atoms with Crippen LogP contribution in [0.25, 0.3) is 6.08 Å². The SMILES string of the molecule is CCOC(=O)C1=C(C)N=c2s/c(=C\c3cc(I)c(OCc4ccccc4)c(I)c3)c(=O)n2[C@@H]1c1ccc(N(C)C)cc1. The van der Waals surface area contributed by atoms with E-state index in [-0.39, 0.29) is 12.2 Å². The number of halogens is 2. The third kappa shape index (κ3) is 6.35. The topological polar surface area (TPSA) is 73.1 Å². The third-order valence-electron chi connectivity index (χ3n) is 6.79. The van der Waals surface area contributed by atoms with Gasteiger partial charge in [0.05, 0.1) is 35.6 Å². The number of fused-ring (bicyclic) bond motifs is 1. The number of rotatable bonds is 8. The second kappa shape index (κ2) is 13.1. The van der Waals surface area contributed by atoms with E-state index < -0.39 is 12.0 Å². The van der Waals surface area contributed by atoms with Crippen LogP contribution in [0.4, 0.5) is 5.69 Å². The molecule has 0 amide bonds. The molecule has 0 saturated heterocycles. The first-order valence-electron chi connectivity index (χ1n) is 13.3. The number of carbonyl (C=O) groups excluding carboxylic acids is 1. The number of ether oxygens (including phenoxy) is 2. The van der Waals surface area contributed by atoms with Gasteiger partial charge in [-0.3, -0.25) is 9.36 Å². The summed E-state index contributed by atoms with van der Waals surface area (Å²) < 4.78 is 15.6. The first kappa shape index (κ1) is 30.5. The highest BCUT2D eigenvalue weighted by molar-refractivity contribution is 14.1. The van der Waals surface area contributed by atoms with Crippen molar-refractivity contribution in [2.45, 2.75) is 26.5 Å². The van der Waals surface area contributed by atoms with Gasteiger partial charge in [-0.15, -0.1) is 0 Å². The highest BCUT2D eigenvalue weighted by atomic mass is 127. The van der Waals surface area contributed by atoms with Crippen molar-refractivity contribution in [2.75, 3.05) is 25.6 Å². The summed E-state index contributed by atoms with van der Waals surface area (Å²) in [7, 11) is 3.94. The number of allylic oxidation sites excluding steroid dienone is 1. The van der Waals surface area contributed by atoms with E-state index in [9.17, 15) is 9.59 Å². The molecule has 7 nitrogen and oxygen atoms in total. The van der Waals surface area contributed by atoms with Gasteiger partial charge in [0.2, 0.25) is 0 Å². The van der Waals surface area contributed by atoms with E-state index >= 15 is 0 Å². The number of anilines is 1. The fourth-order valence-electron chi connectivity index (χ4n) is 4.74. The van der Waals surface area contributed by atoms with E-state index in [1.165, 1.54) is 11.3 Å². The molecule has 0 spiro atoms. The van der Waals surface area contributed by atoms with Gasteiger partial charge in [0, 0.05) is 19.8 Å². The van der Waals surface area contributed by atoms with Crippen LogP contribution in [0, 0.1) is 7.14 Å². The number of benzene rings is 3. The molecular formula is C32H29I2N3O4S. The van der Waals surface area contributed by atoms with Gasteiger partial charge in [-0.05, 0) is 106 Å². The molecule has 1 aliphatic rings. The zero-order chi connectivity index (χ0) is 30.0. The van der Waals surface area contributed by atoms with Gasteiger partial charge in [-0.2, -0.15) is 0 Å². The number of aromatic nitrogens is 1. The maximum atomic E-state index is 14.0. The maximum absolute atomic E-state index is 14.0. The molecule has 0 unspecified atom stereocenters. The Labute approximate surface area is 275 Å². The summed E-state index contributed by atoms with van der Waals surface area (Å²) in [5, 5.41) is 0. The number of carbonyl (C=O) groups is 1. The van der Waals surface area contributed by atoms with Crippen LogP contribution in [0.1, 0.15) is 36.6 Å². The molecule has 42 heavy (non-hydrogen) atoms. The van der Waals surface area contributed by atoms with Gasteiger partial charge in [0.25, 0.3) is 5.56 Å². The molecule has 4 aromatic rings. The molecular weight excluding hydrogens is 776 g/mol. The minimum atomic E-state index is -0.646. The van der Waals surface area contributed by atoms with E-state index in [4.69, 9.17) is 9.47 Å². The molecule has 1 aromatic heterocycles. The van der Waals surface area contributed by atoms with Crippen molar-refractivity contribution in [3.05, 3.63) is 122 Å². The van der Waals surface area contributed by atoms with Gasteiger partial charge in [-0.25, -0.2) is 9.79 Å². The summed E-state index contributed by atoms with van der Waals surface area (Å²) in [6.45, 7) is 4.27. The quantitative estimate of drug-likeness (QED) is 0.170. The summed E-state index contributed by atoms with van der Waals surface area (Å²) >= 11 is 5.86. The molecule has 1 atom stereocenters. The third-order valence-corrected chi connectivity index (χ3v) is 9.37. The highest BCUT2D eigenvalue weighted by Gasteiger charge is 2.33. The summed E-state index contributed by atoms with van der Waals surface area (Å²) in [6, 6.07) is 21.3. The van der Waals surface area contributed by atoms with Crippen LogP contribution in [0.5, 0.6) is 5.75 Å². The van der Waals surface area contributed by atoms with Crippen molar-refractivity contribution in [1.29, 1.82) is 0 Å². The van der Waals surface area contributed by atoms with Crippen LogP contribution in [0.2, 0.25) is 0 Å². The Morgan fingerprint density at radius 2 is 1.74 bits per heavy atom. The predicted octanol–water partition coefficient (Wildman–Crippen LogP) is 5.65. The Balaban J connectivity index is 1.57. The minimum absolute atomic E-state index is 0.204. The van der Waals surface area contributed by atoms with Crippen LogP contribution in [-0.2, 0) is 16.1 Å². The van der Waals surface area contributed by atoms with Crippen LogP contribution in [0.3, 0.4) is 0 Å². The predicted molar refractivity (Wildman–Crippen MR) is 184 cm³/mol. The zero-order valence-corrected chi connectivity index (χ0v) is 28.7. The standard InChI is InChI=1S/C32H29I2N3O4S/c1-5-40-31(39)27-19(2)35-32-37(28(27)22-11-13-23(14-12-22)36(3)4)30(38)26(42-32)17-21-15-24(33)29(25(34)16-21)41-18-20-9-7-6-8-10-20/h6-17,28H,5,18H2,1-4H3/b26-17-/t28-/m1/s1. The maximum Gasteiger partial charge on any atom is 0.338 e. The van der Waals surface area contributed by atoms with Crippen molar-refractivity contribution in [2.24, 2.45) is 4.99 Å². The monoisotopic (exact) mass is 805 g/mol. The number of esters is 1. The van der Waals surface area contributed by atoms with E-state index in [0.29, 0.717) is 27.2 Å². The highest BCUT2D eigenvalue weighted by Crippen LogP contribution is 2.32. The molecule has 2 heterocycles. The van der Waals surface area contributed by atoms with Crippen LogP contribution in [-0.4, -0.2) is 31.2 Å². The lowest BCUT2D eigenvalue weighted by Crippen LogP contribution is -2.39. The Kier molecular flexibility index (Phi) is 9.53. The van der Waals surface area contributed by atoms with E-state index in [2.05, 4.69) is 50.2 Å². The molecule has 0 N–H and O–H groups in total. The van der Waals surface area contributed by atoms with Gasteiger partial charge in [-0.1, -0.05) is 53.8 Å². The van der Waals surface area contributed by atoms with E-state index in [0.717, 1.165) is 35.3 Å². The van der Waals surface area contributed by atoms with Crippen LogP contribution < -0.4 is 24.5 Å². The average molecular weight is 805 g/mol. The van der Waals surface area contributed by atoms with Crippen LogP contribution >= 0.6 is 56.5 Å². The Hall–Kier alpha value is -2.97. The number of nitrogens with zero attached hydrogens (tertiary/aromatic N) is 3. The number of hydrogen-bond donors (Lipinski definition) is 0. The molecule has 0 fully saturated rings. The lowest BCUT2D eigenvalue weighted by atomic mass is 9.95. The smallest absolute Gasteiger partial charge is 0.338 e. The second-order valence-electron chi connectivity index (χ2n) is 9.88. The Morgan fingerprint density at radius 1 is 1.07 bits per heavy atom. The lowest BCUT2D eigenvalue weighted by Gasteiger charge is -2.25. The molecule has 0 aliphatic carbocycles. The van der Waals surface area contributed by atoms with Crippen molar-refractivity contribution >= 4 is 74.3 Å². The number of thiazole rings is 1. The summed E-state index contributed by atoms with van der Waals surface area (Å²) in [5.41, 5.74) is 4.53. The fraction of sp³-hybridized carbons (Fsp3) is 0.219. The Bertz CT molecular complexity index is 1820. The van der Waals surface area contributed by atoms with E-state index in [1.54, 1.807) is 18.4 Å². The first-order valence-corrected chi connectivity index (χ1v) is 16.3. The number of hydrogen-bond acceptors (Lipinski definition) is 7. The lowest BCUT2D eigenvalue weighted by molar-refractivity contribution is -0.139. The fourth-order valence-corrected chi connectivity index (χ4v) is 7.92. The zero-order valence-electron chi connectivity index (χ0n) is 23.6. The van der Waals surface area contributed by atoms with Crippen molar-refractivity contribution in [3.63, 3.8) is 0 Å². The molecule has 3 aromatic carbocycles. The molecule has 10 heteroatoms. The largest absolute Gasteiger partial charge is 0.487 e. The van der Waals surface area contributed by atoms with Crippen molar-refractivity contribution in [1.82, 2.24) is 4.57 Å². The van der Waals surface area contributed by atoms with Gasteiger partial charge in [0.15, 0.2) is 4.80 Å². The summed E-state index contributed by atoms with van der Waals surface area (Å²) in [5.74, 6) is 0.347. The molecule has 1 aliphatic heterocycles. The van der Waals surface area contributed by atoms with Crippen molar-refractivity contribution in [3.8, 4) is 5.75 Å². The van der Waals surface area contributed by atoms with Gasteiger partial charge >= 0.3 is 5.97 Å². The molecule has 0 bridgehead atoms. The Morgan fingerprint density at radius 3 is 2.36 bits per heavy atom.